The normalized spacial score (nSPS) is 13.3. The fraction of sp³-hybridized carbons (Fsp3) is 0.471. The molecule has 0 aliphatic carbocycles. The van der Waals surface area contributed by atoms with E-state index in [2.05, 4.69) is 5.32 Å². The number of aliphatic carboxylic acids is 1. The lowest BCUT2D eigenvalue weighted by molar-refractivity contribution is -0.140. The van der Waals surface area contributed by atoms with Crippen LogP contribution in [-0.2, 0) is 20.1 Å². The van der Waals surface area contributed by atoms with Crippen LogP contribution in [0.4, 0.5) is 0 Å². The summed E-state index contributed by atoms with van der Waals surface area (Å²) < 4.78 is 0. The molecule has 0 aliphatic rings. The summed E-state index contributed by atoms with van der Waals surface area (Å²) in [5.74, 6) is -1.28. The lowest BCUT2D eigenvalue weighted by Gasteiger charge is -2.20. The molecule has 0 spiro atoms. The number of ketones is 1. The van der Waals surface area contributed by atoms with Gasteiger partial charge >= 0.3 is 5.97 Å². The Morgan fingerprint density at radius 1 is 1.21 bits per heavy atom. The number of nitrogens with one attached hydrogen (secondary N) is 1. The highest BCUT2D eigenvalue weighted by Crippen LogP contribution is 2.13. The Hall–Kier alpha value is -1.86. The molecule has 1 aromatic rings. The number of Topliss-reactive ketones (excluding diaryl/α,β-unsaturated/α-hetero) is 1. The van der Waals surface area contributed by atoms with E-state index in [1.807, 2.05) is 30.3 Å². The van der Waals surface area contributed by atoms with Crippen molar-refractivity contribution < 1.29 is 19.5 Å². The molecule has 1 rings (SSSR count). The minimum Gasteiger partial charge on any atom is -0.481 e. The van der Waals surface area contributed by atoms with E-state index < -0.39 is 30.4 Å². The van der Waals surface area contributed by atoms with Crippen LogP contribution in [0.2, 0.25) is 0 Å². The van der Waals surface area contributed by atoms with Crippen molar-refractivity contribution in [2.24, 2.45) is 11.7 Å². The standard InChI is InChI=1S/C17H24N2O4S/c1-11(2)16(18)17(23)19-13(8-15(21)22)14(20)10-24-9-12-6-4-3-5-7-12/h3-7,11,13,16H,8-10,18H2,1-2H3,(H,19,23)(H,21,22)/t13-,16-/m0/s1. The largest absolute Gasteiger partial charge is 0.481 e. The van der Waals surface area contributed by atoms with E-state index in [9.17, 15) is 14.4 Å². The molecule has 0 saturated heterocycles. The number of carbonyl (C=O) groups is 3. The average molecular weight is 352 g/mol. The number of benzene rings is 1. The number of thioether (sulfide) groups is 1. The van der Waals surface area contributed by atoms with Crippen LogP contribution in [-0.4, -0.2) is 40.6 Å². The highest BCUT2D eigenvalue weighted by atomic mass is 32.2. The van der Waals surface area contributed by atoms with E-state index in [0.717, 1.165) is 5.56 Å². The molecule has 1 aromatic carbocycles. The van der Waals surface area contributed by atoms with E-state index >= 15 is 0 Å². The molecule has 4 N–H and O–H groups in total. The maximum absolute atomic E-state index is 12.3. The number of carbonyl (C=O) groups excluding carboxylic acids is 2. The number of hydrogen-bond acceptors (Lipinski definition) is 5. The number of carboxylic acid groups (broad SMARTS) is 1. The Labute approximate surface area is 146 Å². The van der Waals surface area contributed by atoms with Crippen molar-refractivity contribution in [3.8, 4) is 0 Å². The van der Waals surface area contributed by atoms with Crippen LogP contribution in [0.15, 0.2) is 30.3 Å². The predicted molar refractivity (Wildman–Crippen MR) is 94.6 cm³/mol. The first kappa shape index (κ1) is 20.2. The van der Waals surface area contributed by atoms with Crippen LogP contribution < -0.4 is 11.1 Å². The smallest absolute Gasteiger partial charge is 0.305 e. The second-order valence-electron chi connectivity index (χ2n) is 5.87. The molecule has 0 radical (unpaired) electrons. The lowest BCUT2D eigenvalue weighted by atomic mass is 10.0. The Balaban J connectivity index is 2.57. The van der Waals surface area contributed by atoms with Crippen molar-refractivity contribution in [1.29, 1.82) is 0 Å². The van der Waals surface area contributed by atoms with Crippen molar-refractivity contribution in [2.75, 3.05) is 5.75 Å². The summed E-state index contributed by atoms with van der Waals surface area (Å²) in [6, 6.07) is 7.83. The zero-order chi connectivity index (χ0) is 18.1. The Morgan fingerprint density at radius 3 is 2.38 bits per heavy atom. The quantitative estimate of drug-likeness (QED) is 0.588. The molecule has 0 aromatic heterocycles. The fourth-order valence-corrected chi connectivity index (χ4v) is 2.87. The van der Waals surface area contributed by atoms with E-state index in [-0.39, 0.29) is 17.5 Å². The molecule has 24 heavy (non-hydrogen) atoms. The zero-order valence-corrected chi connectivity index (χ0v) is 14.7. The summed E-state index contributed by atoms with van der Waals surface area (Å²) in [4.78, 5) is 35.2. The van der Waals surface area contributed by atoms with E-state index in [1.54, 1.807) is 13.8 Å². The van der Waals surface area contributed by atoms with Gasteiger partial charge in [-0.25, -0.2) is 0 Å². The van der Waals surface area contributed by atoms with Gasteiger partial charge in [0.05, 0.1) is 24.3 Å². The Bertz CT molecular complexity index is 563. The third kappa shape index (κ3) is 7.14. The minimum atomic E-state index is -1.14. The van der Waals surface area contributed by atoms with E-state index in [0.29, 0.717) is 5.75 Å². The number of carboxylic acids is 1. The summed E-state index contributed by atoms with van der Waals surface area (Å²) in [6.07, 6.45) is -0.443. The van der Waals surface area contributed by atoms with E-state index in [4.69, 9.17) is 10.8 Å². The maximum Gasteiger partial charge on any atom is 0.305 e. The monoisotopic (exact) mass is 352 g/mol. The van der Waals surface area contributed by atoms with Gasteiger partial charge in [-0.15, -0.1) is 11.8 Å². The van der Waals surface area contributed by atoms with Crippen LogP contribution in [0.3, 0.4) is 0 Å². The van der Waals surface area contributed by atoms with Crippen molar-refractivity contribution >= 4 is 29.4 Å². The van der Waals surface area contributed by atoms with Gasteiger partial charge in [0.2, 0.25) is 5.91 Å². The molecule has 6 nitrogen and oxygen atoms in total. The Morgan fingerprint density at radius 2 is 1.83 bits per heavy atom. The third-order valence-corrected chi connectivity index (χ3v) is 4.49. The molecule has 0 heterocycles. The second kappa shape index (κ2) is 10.1. The van der Waals surface area contributed by atoms with E-state index in [1.165, 1.54) is 11.8 Å². The lowest BCUT2D eigenvalue weighted by Crippen LogP contribution is -2.51. The van der Waals surface area contributed by atoms with Crippen molar-refractivity contribution in [2.45, 2.75) is 38.1 Å². The maximum atomic E-state index is 12.3. The van der Waals surface area contributed by atoms with Gasteiger partial charge in [-0.2, -0.15) is 0 Å². The van der Waals surface area contributed by atoms with Gasteiger partial charge in [-0.05, 0) is 11.5 Å². The molecular formula is C17H24N2O4S. The van der Waals surface area contributed by atoms with Crippen LogP contribution in [0.5, 0.6) is 0 Å². The first-order valence-corrected chi connectivity index (χ1v) is 8.89. The molecule has 0 bridgehead atoms. The molecule has 0 saturated carbocycles. The number of amides is 1. The van der Waals surface area contributed by atoms with Gasteiger partial charge in [-0.3, -0.25) is 14.4 Å². The summed E-state index contributed by atoms with van der Waals surface area (Å²) >= 11 is 1.39. The summed E-state index contributed by atoms with van der Waals surface area (Å²) in [5.41, 5.74) is 6.82. The zero-order valence-electron chi connectivity index (χ0n) is 13.9. The average Bonchev–Trinajstić information content (AvgIpc) is 2.53. The highest BCUT2D eigenvalue weighted by Gasteiger charge is 2.26. The van der Waals surface area contributed by atoms with Crippen LogP contribution in [0.25, 0.3) is 0 Å². The van der Waals surface area contributed by atoms with Crippen molar-refractivity contribution in [3.63, 3.8) is 0 Å². The molecule has 0 aliphatic heterocycles. The summed E-state index contributed by atoms with van der Waals surface area (Å²) in [5, 5.41) is 11.4. The van der Waals surface area contributed by atoms with Crippen molar-refractivity contribution in [3.05, 3.63) is 35.9 Å². The first-order valence-electron chi connectivity index (χ1n) is 7.73. The van der Waals surface area contributed by atoms with Crippen LogP contribution >= 0.6 is 11.8 Å². The second-order valence-corrected chi connectivity index (χ2v) is 6.86. The number of nitrogens with two attached hydrogens (primary N) is 1. The molecule has 0 fully saturated rings. The molecule has 7 heteroatoms. The van der Waals surface area contributed by atoms with Gasteiger partial charge in [-0.1, -0.05) is 44.2 Å². The third-order valence-electron chi connectivity index (χ3n) is 3.46. The molecule has 1 amide bonds. The molecular weight excluding hydrogens is 328 g/mol. The van der Waals surface area contributed by atoms with Gasteiger partial charge in [0.25, 0.3) is 0 Å². The van der Waals surface area contributed by atoms with Gasteiger partial charge in [0, 0.05) is 5.75 Å². The SMILES string of the molecule is CC(C)[C@H](N)C(=O)N[C@@H](CC(=O)O)C(=O)CSCc1ccccc1. The van der Waals surface area contributed by atoms with Crippen molar-refractivity contribution in [1.82, 2.24) is 5.32 Å². The summed E-state index contributed by atoms with van der Waals surface area (Å²) in [7, 11) is 0. The predicted octanol–water partition coefficient (Wildman–Crippen LogP) is 1.43. The minimum absolute atomic E-state index is 0.0990. The van der Waals surface area contributed by atoms with Crippen LogP contribution in [0, 0.1) is 5.92 Å². The first-order chi connectivity index (χ1) is 11.3. The molecule has 0 unspecified atom stereocenters. The van der Waals surface area contributed by atoms with Gasteiger partial charge in [0.1, 0.15) is 0 Å². The number of hydrogen-bond donors (Lipinski definition) is 3. The molecule has 132 valence electrons. The van der Waals surface area contributed by atoms with Gasteiger partial charge in [0.15, 0.2) is 5.78 Å². The topological polar surface area (TPSA) is 109 Å². The summed E-state index contributed by atoms with van der Waals surface area (Å²) in [6.45, 7) is 3.57. The molecule has 2 atom stereocenters. The van der Waals surface area contributed by atoms with Crippen LogP contribution in [0.1, 0.15) is 25.8 Å². The highest BCUT2D eigenvalue weighted by molar-refractivity contribution is 7.99. The Kier molecular flexibility index (Phi) is 8.49. The van der Waals surface area contributed by atoms with Gasteiger partial charge < -0.3 is 16.2 Å². The number of rotatable bonds is 10. The fourth-order valence-electron chi connectivity index (χ4n) is 1.93.